The van der Waals surface area contributed by atoms with Gasteiger partial charge in [-0.1, -0.05) is 23.5 Å². The summed E-state index contributed by atoms with van der Waals surface area (Å²) in [4.78, 5) is 29.8. The molecule has 0 radical (unpaired) electrons. The van der Waals surface area contributed by atoms with Gasteiger partial charge in [0.1, 0.15) is 4.70 Å². The number of aromatic nitrogens is 3. The highest BCUT2D eigenvalue weighted by molar-refractivity contribution is 7.54. The maximum atomic E-state index is 12.3. The molecule has 0 atom stereocenters. The third-order valence-electron chi connectivity index (χ3n) is 2.98. The second kappa shape index (κ2) is 7.89. The van der Waals surface area contributed by atoms with Crippen LogP contribution in [0.3, 0.4) is 0 Å². The zero-order valence-corrected chi connectivity index (χ0v) is 15.1. The summed E-state index contributed by atoms with van der Waals surface area (Å²) in [5.41, 5.74) is 5.30. The molecule has 0 saturated carbocycles. The van der Waals surface area contributed by atoms with Crippen molar-refractivity contribution in [3.05, 3.63) is 32.2 Å². The Labute approximate surface area is 141 Å². The summed E-state index contributed by atoms with van der Waals surface area (Å²) in [6.07, 6.45) is 3.37. The third-order valence-corrected chi connectivity index (χ3v) is 5.91. The Balaban J connectivity index is 2.19. The summed E-state index contributed by atoms with van der Waals surface area (Å²) in [6, 6.07) is 0. The quantitative estimate of drug-likeness (QED) is 0.530. The molecule has 24 heavy (non-hydrogen) atoms. The molecule has 2 heterocycles. The summed E-state index contributed by atoms with van der Waals surface area (Å²) in [6.45, 7) is 4.21. The van der Waals surface area contributed by atoms with Crippen molar-refractivity contribution in [2.75, 3.05) is 25.1 Å². The van der Waals surface area contributed by atoms with E-state index < -0.39 is 13.2 Å². The first-order valence-corrected chi connectivity index (χ1v) is 9.87. The lowest BCUT2D eigenvalue weighted by Gasteiger charge is -2.14. The summed E-state index contributed by atoms with van der Waals surface area (Å²) in [5.74, 6) is -0.0553. The van der Waals surface area contributed by atoms with E-state index in [1.807, 2.05) is 0 Å². The average Bonchev–Trinajstić information content (AvgIpc) is 2.81. The van der Waals surface area contributed by atoms with Gasteiger partial charge < -0.3 is 14.8 Å². The molecular formula is C13H19N4O5PS. The lowest BCUT2D eigenvalue weighted by molar-refractivity contribution is 0.222. The minimum atomic E-state index is -3.16. The van der Waals surface area contributed by atoms with E-state index in [-0.39, 0.29) is 47.1 Å². The van der Waals surface area contributed by atoms with Gasteiger partial charge in [0.05, 0.1) is 19.4 Å². The molecule has 3 N–H and O–H groups in total. The predicted molar refractivity (Wildman–Crippen MR) is 93.8 cm³/mol. The van der Waals surface area contributed by atoms with Crippen molar-refractivity contribution >= 4 is 35.2 Å². The van der Waals surface area contributed by atoms with Crippen LogP contribution < -0.4 is 16.2 Å². The monoisotopic (exact) mass is 374 g/mol. The summed E-state index contributed by atoms with van der Waals surface area (Å²) < 4.78 is 24.2. The Hall–Kier alpha value is -1.74. The highest BCUT2D eigenvalue weighted by atomic mass is 32.1. The van der Waals surface area contributed by atoms with E-state index >= 15 is 0 Å². The van der Waals surface area contributed by atoms with E-state index in [1.54, 1.807) is 26.0 Å². The van der Waals surface area contributed by atoms with Gasteiger partial charge >= 0.3 is 12.5 Å². The second-order valence-electron chi connectivity index (χ2n) is 4.68. The van der Waals surface area contributed by atoms with Crippen molar-refractivity contribution in [1.82, 2.24) is 14.5 Å². The normalized spacial score (nSPS) is 12.4. The summed E-state index contributed by atoms with van der Waals surface area (Å²) in [7, 11) is -3.16. The number of hydrogen-bond acceptors (Lipinski definition) is 8. The number of rotatable bonds is 8. The largest absolute Gasteiger partial charge is 0.369 e. The number of nitrogen functional groups attached to an aromatic ring is 1. The molecule has 0 unspecified atom stereocenters. The summed E-state index contributed by atoms with van der Waals surface area (Å²) in [5, 5.41) is 0. The molecule has 0 aromatic carbocycles. The van der Waals surface area contributed by atoms with Crippen molar-refractivity contribution in [3.63, 3.8) is 0 Å². The maximum Gasteiger partial charge on any atom is 0.334 e. The Morgan fingerprint density at radius 2 is 1.96 bits per heavy atom. The van der Waals surface area contributed by atoms with Crippen LogP contribution in [0.5, 0.6) is 0 Å². The molecule has 2 aromatic heterocycles. The zero-order chi connectivity index (χ0) is 17.7. The lowest BCUT2D eigenvalue weighted by Crippen LogP contribution is -2.15. The molecule has 0 aliphatic carbocycles. The van der Waals surface area contributed by atoms with Crippen LogP contribution in [0, 0.1) is 0 Å². The Morgan fingerprint density at radius 1 is 1.29 bits per heavy atom. The molecule has 0 aliphatic heterocycles. The van der Waals surface area contributed by atoms with Crippen LogP contribution in [0.15, 0.2) is 21.7 Å². The van der Waals surface area contributed by atoms with E-state index in [4.69, 9.17) is 14.8 Å². The Bertz CT molecular complexity index is 890. The number of anilines is 1. The van der Waals surface area contributed by atoms with Gasteiger partial charge in [0, 0.05) is 6.54 Å². The first-order chi connectivity index (χ1) is 11.4. The van der Waals surface area contributed by atoms with Gasteiger partial charge in [0.25, 0.3) is 5.56 Å². The summed E-state index contributed by atoms with van der Waals surface area (Å²) >= 11 is 0.801. The van der Waals surface area contributed by atoms with Crippen LogP contribution in [-0.2, 0) is 20.2 Å². The Morgan fingerprint density at radius 3 is 2.58 bits per heavy atom. The number of nitrogens with two attached hydrogens (primary N) is 1. The fourth-order valence-corrected chi connectivity index (χ4v) is 4.37. The second-order valence-corrected chi connectivity index (χ2v) is 7.75. The fourth-order valence-electron chi connectivity index (χ4n) is 2.05. The molecule has 0 amide bonds. The predicted octanol–water partition coefficient (Wildman–Crippen LogP) is 1.55. The fraction of sp³-hybridized carbons (Fsp3) is 0.462. The van der Waals surface area contributed by atoms with E-state index in [0.29, 0.717) is 0 Å². The van der Waals surface area contributed by atoms with Crippen molar-refractivity contribution in [3.8, 4) is 0 Å². The van der Waals surface area contributed by atoms with Gasteiger partial charge in [0.15, 0.2) is 5.65 Å². The van der Waals surface area contributed by atoms with Crippen molar-refractivity contribution in [1.29, 1.82) is 0 Å². The van der Waals surface area contributed by atoms with Crippen LogP contribution in [0.1, 0.15) is 13.8 Å². The molecule has 9 nitrogen and oxygen atoms in total. The molecule has 0 fully saturated rings. The molecule has 0 aliphatic rings. The minimum absolute atomic E-state index is 0.0553. The molecular weight excluding hydrogens is 355 g/mol. The Kier molecular flexibility index (Phi) is 6.11. The molecule has 2 rings (SSSR count). The number of nitrogens with zero attached hydrogens (tertiary/aromatic N) is 2. The first kappa shape index (κ1) is 18.6. The maximum absolute atomic E-state index is 12.3. The van der Waals surface area contributed by atoms with Gasteiger partial charge in [-0.25, -0.2) is 0 Å². The molecule has 0 saturated heterocycles. The number of H-pyrrole nitrogens is 1. The third kappa shape index (κ3) is 4.21. The van der Waals surface area contributed by atoms with Gasteiger partial charge in [-0.15, -0.1) is 0 Å². The molecule has 0 bridgehead atoms. The average molecular weight is 374 g/mol. The number of fused-ring (bicyclic) bond motifs is 1. The minimum Gasteiger partial charge on any atom is -0.369 e. The molecule has 11 heteroatoms. The number of thiazole rings is 1. The highest BCUT2D eigenvalue weighted by Crippen LogP contribution is 2.47. The van der Waals surface area contributed by atoms with E-state index in [9.17, 15) is 14.2 Å². The highest BCUT2D eigenvalue weighted by Gasteiger charge is 2.21. The van der Waals surface area contributed by atoms with Crippen LogP contribution in [-0.4, -0.2) is 33.9 Å². The van der Waals surface area contributed by atoms with E-state index in [2.05, 4.69) is 9.97 Å². The first-order valence-electron chi connectivity index (χ1n) is 7.32. The van der Waals surface area contributed by atoms with E-state index in [1.165, 1.54) is 4.57 Å². The number of hydrogen-bond donors (Lipinski definition) is 2. The van der Waals surface area contributed by atoms with Crippen LogP contribution >= 0.6 is 18.9 Å². The number of aromatic amines is 1. The van der Waals surface area contributed by atoms with Gasteiger partial charge in [-0.05, 0) is 13.8 Å². The van der Waals surface area contributed by atoms with Crippen LogP contribution in [0.4, 0.5) is 5.95 Å². The van der Waals surface area contributed by atoms with Crippen LogP contribution in [0.2, 0.25) is 0 Å². The molecule has 132 valence electrons. The van der Waals surface area contributed by atoms with Gasteiger partial charge in [-0.2, -0.15) is 4.98 Å². The van der Waals surface area contributed by atoms with Crippen molar-refractivity contribution in [2.24, 2.45) is 0 Å². The SMILES string of the molecule is CCOP(=O)(CC=CCn1c(=O)sc2c(=O)[nH]c(N)nc21)OCC. The van der Waals surface area contributed by atoms with Gasteiger partial charge in [-0.3, -0.25) is 23.7 Å². The van der Waals surface area contributed by atoms with Crippen molar-refractivity contribution < 1.29 is 13.6 Å². The number of allylic oxidation sites excluding steroid dienone is 2. The number of nitrogens with one attached hydrogen (secondary N) is 1. The van der Waals surface area contributed by atoms with Crippen molar-refractivity contribution in [2.45, 2.75) is 20.4 Å². The van der Waals surface area contributed by atoms with Gasteiger partial charge in [0.2, 0.25) is 5.95 Å². The smallest absolute Gasteiger partial charge is 0.334 e. The topological polar surface area (TPSA) is 129 Å². The van der Waals surface area contributed by atoms with Crippen LogP contribution in [0.25, 0.3) is 10.3 Å². The van der Waals surface area contributed by atoms with E-state index in [0.717, 1.165) is 11.3 Å². The zero-order valence-electron chi connectivity index (χ0n) is 13.4. The standard InChI is InChI=1S/C13H19N4O5PS/c1-3-21-23(20,22-4-2)8-6-5-7-17-10-9(24-13(17)19)11(18)16-12(14)15-10/h5-6H,3-4,7-8H2,1-2H3,(H3,14,15,16,18). The lowest BCUT2D eigenvalue weighted by atomic mass is 10.5. The molecule has 0 spiro atoms. The molecule has 2 aromatic rings.